The van der Waals surface area contributed by atoms with Crippen molar-refractivity contribution in [3.8, 4) is 0 Å². The van der Waals surface area contributed by atoms with Gasteiger partial charge in [0, 0.05) is 5.02 Å². The zero-order valence-electron chi connectivity index (χ0n) is 11.5. The van der Waals surface area contributed by atoms with Gasteiger partial charge < -0.3 is 8.83 Å². The number of anilines is 1. The molecular formula is C16H9ClFNO4. The number of rotatable bonds is 3. The zero-order valence-corrected chi connectivity index (χ0v) is 12.3. The molecule has 7 heteroatoms. The molecule has 0 fully saturated rings. The molecule has 0 bridgehead atoms. The van der Waals surface area contributed by atoms with Crippen LogP contribution in [-0.2, 0) is 0 Å². The molecule has 0 unspecified atom stereocenters. The molecule has 116 valence electrons. The zero-order chi connectivity index (χ0) is 16.4. The summed E-state index contributed by atoms with van der Waals surface area (Å²) in [5.41, 5.74) is -0.253. The highest BCUT2D eigenvalue weighted by molar-refractivity contribution is 6.31. The van der Waals surface area contributed by atoms with Crippen LogP contribution >= 0.6 is 11.6 Å². The molecule has 0 N–H and O–H groups in total. The second-order valence-electron chi connectivity index (χ2n) is 4.50. The normalized spacial score (nSPS) is 10.5. The molecule has 23 heavy (non-hydrogen) atoms. The van der Waals surface area contributed by atoms with E-state index in [0.29, 0.717) is 4.90 Å². The predicted molar refractivity (Wildman–Crippen MR) is 80.0 cm³/mol. The van der Waals surface area contributed by atoms with Crippen molar-refractivity contribution < 1.29 is 22.8 Å². The molecule has 0 aliphatic carbocycles. The maximum atomic E-state index is 14.2. The largest absolute Gasteiger partial charge is 0.459 e. The van der Waals surface area contributed by atoms with E-state index >= 15 is 0 Å². The van der Waals surface area contributed by atoms with Crippen molar-refractivity contribution in [2.45, 2.75) is 0 Å². The van der Waals surface area contributed by atoms with Crippen LogP contribution in [0.25, 0.3) is 0 Å². The maximum absolute atomic E-state index is 14.2. The van der Waals surface area contributed by atoms with Crippen molar-refractivity contribution in [1.29, 1.82) is 0 Å². The van der Waals surface area contributed by atoms with Gasteiger partial charge in [0.15, 0.2) is 11.5 Å². The number of amides is 2. The number of hydrogen-bond donors (Lipinski definition) is 0. The van der Waals surface area contributed by atoms with E-state index in [2.05, 4.69) is 0 Å². The molecule has 5 nitrogen and oxygen atoms in total. The smallest absolute Gasteiger partial charge is 0.301 e. The molecule has 3 rings (SSSR count). The summed E-state index contributed by atoms with van der Waals surface area (Å²) in [6, 6.07) is 9.34. The molecule has 0 aliphatic rings. The summed E-state index contributed by atoms with van der Waals surface area (Å²) in [6.07, 6.45) is 2.56. The lowest BCUT2D eigenvalue weighted by Gasteiger charge is -2.19. The lowest BCUT2D eigenvalue weighted by Crippen LogP contribution is -2.37. The van der Waals surface area contributed by atoms with E-state index in [0.717, 1.165) is 6.07 Å². The summed E-state index contributed by atoms with van der Waals surface area (Å²) >= 11 is 5.71. The van der Waals surface area contributed by atoms with Gasteiger partial charge in [0.1, 0.15) is 5.82 Å². The van der Waals surface area contributed by atoms with Crippen LogP contribution in [0.2, 0.25) is 5.02 Å². The Hall–Kier alpha value is -2.86. The van der Waals surface area contributed by atoms with E-state index in [4.69, 9.17) is 20.4 Å². The number of furan rings is 2. The van der Waals surface area contributed by atoms with Crippen LogP contribution < -0.4 is 4.90 Å². The first-order chi connectivity index (χ1) is 11.1. The van der Waals surface area contributed by atoms with Crippen LogP contribution in [0.3, 0.4) is 0 Å². The third-order valence-corrected chi connectivity index (χ3v) is 3.26. The standard InChI is InChI=1S/C16H9ClFNO4/c17-10-5-6-12(11(18)9-10)19(15(20)13-3-1-7-22-13)16(21)14-4-2-8-23-14/h1-9H. The Labute approximate surface area is 134 Å². The molecule has 0 aliphatic heterocycles. The van der Waals surface area contributed by atoms with Crippen LogP contribution in [0.15, 0.2) is 63.8 Å². The van der Waals surface area contributed by atoms with E-state index in [1.807, 2.05) is 0 Å². The SMILES string of the molecule is O=C(c1ccco1)N(C(=O)c1ccco1)c1ccc(Cl)cc1F. The molecule has 0 saturated heterocycles. The van der Waals surface area contributed by atoms with Crippen molar-refractivity contribution in [3.05, 3.63) is 77.4 Å². The summed E-state index contributed by atoms with van der Waals surface area (Å²) in [6.45, 7) is 0. The average Bonchev–Trinajstić information content (AvgIpc) is 3.22. The molecule has 3 aromatic rings. The topological polar surface area (TPSA) is 63.7 Å². The second-order valence-corrected chi connectivity index (χ2v) is 4.93. The Balaban J connectivity index is 2.10. The number of benzene rings is 1. The van der Waals surface area contributed by atoms with E-state index < -0.39 is 17.6 Å². The Kier molecular flexibility index (Phi) is 3.99. The highest BCUT2D eigenvalue weighted by Gasteiger charge is 2.31. The van der Waals surface area contributed by atoms with Crippen LogP contribution in [0.1, 0.15) is 21.1 Å². The van der Waals surface area contributed by atoms with Gasteiger partial charge >= 0.3 is 11.8 Å². The van der Waals surface area contributed by atoms with Gasteiger partial charge in [-0.1, -0.05) is 11.6 Å². The Morgan fingerprint density at radius 1 is 0.957 bits per heavy atom. The van der Waals surface area contributed by atoms with Gasteiger partial charge in [-0.25, -0.2) is 9.29 Å². The molecule has 1 aromatic carbocycles. The molecule has 0 radical (unpaired) electrons. The first kappa shape index (κ1) is 15.1. The van der Waals surface area contributed by atoms with Gasteiger partial charge in [-0.2, -0.15) is 0 Å². The summed E-state index contributed by atoms with van der Waals surface area (Å²) in [4.78, 5) is 25.7. The minimum atomic E-state index is -0.822. The summed E-state index contributed by atoms with van der Waals surface area (Å²) in [7, 11) is 0. The third kappa shape index (κ3) is 2.89. The van der Waals surface area contributed by atoms with Crippen molar-refractivity contribution in [1.82, 2.24) is 0 Å². The molecular weight excluding hydrogens is 325 g/mol. The molecule has 2 aromatic heterocycles. The van der Waals surface area contributed by atoms with Gasteiger partial charge in [-0.15, -0.1) is 0 Å². The molecule has 2 heterocycles. The monoisotopic (exact) mass is 333 g/mol. The lowest BCUT2D eigenvalue weighted by molar-refractivity contribution is 0.0865. The quantitative estimate of drug-likeness (QED) is 0.675. The van der Waals surface area contributed by atoms with E-state index in [1.54, 1.807) is 0 Å². The van der Waals surface area contributed by atoms with Crippen molar-refractivity contribution in [2.75, 3.05) is 4.90 Å². The molecule has 0 spiro atoms. The van der Waals surface area contributed by atoms with Crippen molar-refractivity contribution >= 4 is 29.1 Å². The van der Waals surface area contributed by atoms with E-state index in [1.165, 1.54) is 48.9 Å². The van der Waals surface area contributed by atoms with Crippen molar-refractivity contribution in [2.24, 2.45) is 0 Å². The number of nitrogens with zero attached hydrogens (tertiary/aromatic N) is 1. The van der Waals surface area contributed by atoms with Crippen LogP contribution in [0, 0.1) is 5.82 Å². The highest BCUT2D eigenvalue weighted by Crippen LogP contribution is 2.26. The first-order valence-electron chi connectivity index (χ1n) is 6.49. The van der Waals surface area contributed by atoms with Crippen molar-refractivity contribution in [3.63, 3.8) is 0 Å². The third-order valence-electron chi connectivity index (χ3n) is 3.02. The van der Waals surface area contributed by atoms with E-state index in [9.17, 15) is 14.0 Å². The summed E-state index contributed by atoms with van der Waals surface area (Å²) in [5, 5.41) is 0.141. The first-order valence-corrected chi connectivity index (χ1v) is 6.86. The van der Waals surface area contributed by atoms with Crippen LogP contribution in [0.5, 0.6) is 0 Å². The summed E-state index contributed by atoms with van der Waals surface area (Å²) < 4.78 is 24.2. The van der Waals surface area contributed by atoms with Gasteiger partial charge in [-0.3, -0.25) is 9.59 Å². The van der Waals surface area contributed by atoms with E-state index in [-0.39, 0.29) is 22.2 Å². The fourth-order valence-corrected chi connectivity index (χ4v) is 2.15. The molecule has 2 amide bonds. The highest BCUT2D eigenvalue weighted by atomic mass is 35.5. The second kappa shape index (κ2) is 6.10. The lowest BCUT2D eigenvalue weighted by atomic mass is 10.2. The average molecular weight is 334 g/mol. The molecule has 0 atom stereocenters. The minimum absolute atomic E-state index is 0.112. The predicted octanol–water partition coefficient (Wildman–Crippen LogP) is 4.15. The Morgan fingerprint density at radius 3 is 1.96 bits per heavy atom. The number of hydrogen-bond acceptors (Lipinski definition) is 4. The fourth-order valence-electron chi connectivity index (χ4n) is 1.99. The number of carbonyl (C=O) groups is 2. The maximum Gasteiger partial charge on any atom is 0.301 e. The van der Waals surface area contributed by atoms with Gasteiger partial charge in [0.25, 0.3) is 0 Å². The van der Waals surface area contributed by atoms with Gasteiger partial charge in [0.05, 0.1) is 18.2 Å². The van der Waals surface area contributed by atoms with Gasteiger partial charge in [-0.05, 0) is 42.5 Å². The number of imide groups is 1. The number of halogens is 2. The summed E-state index contributed by atoms with van der Waals surface area (Å²) in [5.74, 6) is -2.69. The van der Waals surface area contributed by atoms with Crippen LogP contribution in [-0.4, -0.2) is 11.8 Å². The Bertz CT molecular complexity index is 797. The fraction of sp³-hybridized carbons (Fsp3) is 0. The minimum Gasteiger partial charge on any atom is -0.459 e. The Morgan fingerprint density at radius 2 is 1.52 bits per heavy atom. The van der Waals surface area contributed by atoms with Crippen LogP contribution in [0.4, 0.5) is 10.1 Å². The number of carbonyl (C=O) groups excluding carboxylic acids is 2. The molecule has 0 saturated carbocycles. The van der Waals surface area contributed by atoms with Gasteiger partial charge in [0.2, 0.25) is 0 Å².